The van der Waals surface area contributed by atoms with E-state index in [1.165, 1.54) is 23.0 Å². The second kappa shape index (κ2) is 5.94. The predicted molar refractivity (Wildman–Crippen MR) is 92.0 cm³/mol. The van der Waals surface area contributed by atoms with E-state index in [4.69, 9.17) is 0 Å². The first-order chi connectivity index (χ1) is 12.1. The maximum absolute atomic E-state index is 13.9. The Kier molecular flexibility index (Phi) is 3.61. The summed E-state index contributed by atoms with van der Waals surface area (Å²) in [6, 6.07) is 11.4. The third-order valence-electron chi connectivity index (χ3n) is 4.05. The minimum absolute atomic E-state index is 0.0371. The maximum Gasteiger partial charge on any atom is 0.264 e. The maximum atomic E-state index is 13.9. The average molecular weight is 336 g/mol. The van der Waals surface area contributed by atoms with E-state index in [0.29, 0.717) is 28.7 Å². The fourth-order valence-corrected chi connectivity index (χ4v) is 2.80. The molecule has 4 aromatic rings. The highest BCUT2D eigenvalue weighted by Gasteiger charge is 2.09. The minimum Gasteiger partial charge on any atom is -0.310 e. The van der Waals surface area contributed by atoms with Crippen LogP contribution in [0.3, 0.4) is 0 Å². The number of nitrogens with one attached hydrogen (secondary N) is 1. The zero-order valence-electron chi connectivity index (χ0n) is 13.1. The Morgan fingerprint density at radius 1 is 1.04 bits per heavy atom. The molecule has 2 aromatic carbocycles. The standard InChI is InChI=1S/C18H13FN4O2/c19-12-5-3-7-14-16(12)18(25)23(10-20-14)9-8-15-21-13-6-2-1-4-11(13)17(24)22-15/h1-7,10H,8-9H2,(H,21,22,24). The molecule has 4 rings (SSSR count). The number of aryl methyl sites for hydroxylation is 2. The molecule has 6 nitrogen and oxygen atoms in total. The molecule has 0 amide bonds. The van der Waals surface area contributed by atoms with Gasteiger partial charge < -0.3 is 4.98 Å². The van der Waals surface area contributed by atoms with Crippen molar-refractivity contribution in [3.05, 3.63) is 81.1 Å². The molecule has 0 aliphatic rings. The molecular weight excluding hydrogens is 323 g/mol. The van der Waals surface area contributed by atoms with E-state index in [9.17, 15) is 14.0 Å². The first-order valence-electron chi connectivity index (χ1n) is 7.75. The number of nitrogens with zero attached hydrogens (tertiary/aromatic N) is 3. The number of benzene rings is 2. The summed E-state index contributed by atoms with van der Waals surface area (Å²) < 4.78 is 15.2. The third-order valence-corrected chi connectivity index (χ3v) is 4.05. The van der Waals surface area contributed by atoms with Gasteiger partial charge in [-0.05, 0) is 24.3 Å². The fraction of sp³-hybridized carbons (Fsp3) is 0.111. The SMILES string of the molecule is O=c1[nH]c(CCn2cnc3cccc(F)c3c2=O)nc2ccccc12. The van der Waals surface area contributed by atoms with Crippen molar-refractivity contribution in [3.8, 4) is 0 Å². The molecule has 0 saturated heterocycles. The molecular formula is C18H13FN4O2. The second-order valence-corrected chi connectivity index (χ2v) is 5.66. The average Bonchev–Trinajstić information content (AvgIpc) is 2.61. The van der Waals surface area contributed by atoms with Crippen molar-refractivity contribution in [1.82, 2.24) is 19.5 Å². The van der Waals surface area contributed by atoms with Gasteiger partial charge >= 0.3 is 0 Å². The van der Waals surface area contributed by atoms with Gasteiger partial charge in [-0.3, -0.25) is 14.2 Å². The van der Waals surface area contributed by atoms with Crippen molar-refractivity contribution >= 4 is 21.8 Å². The molecule has 1 N–H and O–H groups in total. The van der Waals surface area contributed by atoms with E-state index in [0.717, 1.165) is 0 Å². The van der Waals surface area contributed by atoms with Gasteiger partial charge in [0, 0.05) is 13.0 Å². The zero-order valence-corrected chi connectivity index (χ0v) is 13.1. The van der Waals surface area contributed by atoms with Crippen LogP contribution in [0.25, 0.3) is 21.8 Å². The van der Waals surface area contributed by atoms with Crippen LogP contribution in [0.2, 0.25) is 0 Å². The molecule has 2 heterocycles. The van der Waals surface area contributed by atoms with Crippen molar-refractivity contribution in [2.24, 2.45) is 0 Å². The van der Waals surface area contributed by atoms with Crippen LogP contribution in [0.5, 0.6) is 0 Å². The number of halogens is 1. The van der Waals surface area contributed by atoms with Crippen LogP contribution in [-0.2, 0) is 13.0 Å². The minimum atomic E-state index is -0.596. The molecule has 7 heteroatoms. The van der Waals surface area contributed by atoms with Crippen molar-refractivity contribution in [3.63, 3.8) is 0 Å². The van der Waals surface area contributed by atoms with E-state index in [1.807, 2.05) is 0 Å². The lowest BCUT2D eigenvalue weighted by Gasteiger charge is -2.07. The van der Waals surface area contributed by atoms with Crippen molar-refractivity contribution in [1.29, 1.82) is 0 Å². The Bertz CT molecular complexity index is 1210. The van der Waals surface area contributed by atoms with Gasteiger partial charge in [0.1, 0.15) is 17.0 Å². The molecule has 0 radical (unpaired) electrons. The summed E-state index contributed by atoms with van der Waals surface area (Å²) in [5.41, 5.74) is 0.233. The monoisotopic (exact) mass is 336 g/mol. The number of aromatic nitrogens is 4. The third kappa shape index (κ3) is 2.69. The molecule has 0 atom stereocenters. The van der Waals surface area contributed by atoms with Gasteiger partial charge in [-0.15, -0.1) is 0 Å². The Hall–Kier alpha value is -3.35. The fourth-order valence-electron chi connectivity index (χ4n) is 2.80. The number of hydrogen-bond donors (Lipinski definition) is 1. The van der Waals surface area contributed by atoms with Crippen molar-refractivity contribution in [2.75, 3.05) is 0 Å². The first-order valence-corrected chi connectivity index (χ1v) is 7.75. The molecule has 0 fully saturated rings. The highest BCUT2D eigenvalue weighted by atomic mass is 19.1. The van der Waals surface area contributed by atoms with Crippen LogP contribution < -0.4 is 11.1 Å². The van der Waals surface area contributed by atoms with E-state index in [-0.39, 0.29) is 17.5 Å². The number of aromatic amines is 1. The Morgan fingerprint density at radius 2 is 1.84 bits per heavy atom. The molecule has 0 unspecified atom stereocenters. The van der Waals surface area contributed by atoms with Gasteiger partial charge in [0.2, 0.25) is 0 Å². The Morgan fingerprint density at radius 3 is 2.72 bits per heavy atom. The van der Waals surface area contributed by atoms with Crippen molar-refractivity contribution < 1.29 is 4.39 Å². The summed E-state index contributed by atoms with van der Waals surface area (Å²) in [5.74, 6) is -0.134. The number of hydrogen-bond acceptors (Lipinski definition) is 4. The lowest BCUT2D eigenvalue weighted by atomic mass is 10.2. The normalized spacial score (nSPS) is 11.2. The second-order valence-electron chi connectivity index (χ2n) is 5.66. The highest BCUT2D eigenvalue weighted by molar-refractivity contribution is 5.78. The molecule has 0 bridgehead atoms. The smallest absolute Gasteiger partial charge is 0.264 e. The topological polar surface area (TPSA) is 80.6 Å². The molecule has 25 heavy (non-hydrogen) atoms. The predicted octanol–water partition coefficient (Wildman–Crippen LogP) is 2.01. The molecule has 0 aliphatic heterocycles. The van der Waals surface area contributed by atoms with Crippen LogP contribution in [0.15, 0.2) is 58.4 Å². The summed E-state index contributed by atoms with van der Waals surface area (Å²) in [5, 5.41) is 0.475. The number of H-pyrrole nitrogens is 1. The van der Waals surface area contributed by atoms with Gasteiger partial charge in [-0.1, -0.05) is 18.2 Å². The summed E-state index contributed by atoms with van der Waals surface area (Å²) >= 11 is 0. The summed E-state index contributed by atoms with van der Waals surface area (Å²) in [6.45, 7) is 0.234. The Balaban J connectivity index is 1.69. The van der Waals surface area contributed by atoms with Gasteiger partial charge in [-0.2, -0.15) is 0 Å². The quantitative estimate of drug-likeness (QED) is 0.621. The lowest BCUT2D eigenvalue weighted by Crippen LogP contribution is -2.23. The van der Waals surface area contributed by atoms with E-state index in [2.05, 4.69) is 15.0 Å². The zero-order chi connectivity index (χ0) is 17.4. The van der Waals surface area contributed by atoms with Crippen molar-refractivity contribution in [2.45, 2.75) is 13.0 Å². The van der Waals surface area contributed by atoms with Crippen LogP contribution in [0, 0.1) is 5.82 Å². The Labute approximate surface area is 140 Å². The van der Waals surface area contributed by atoms with E-state index < -0.39 is 11.4 Å². The molecule has 0 spiro atoms. The highest BCUT2D eigenvalue weighted by Crippen LogP contribution is 2.11. The van der Waals surface area contributed by atoms with Gasteiger partial charge in [0.05, 0.1) is 22.7 Å². The number of rotatable bonds is 3. The molecule has 0 saturated carbocycles. The molecule has 124 valence electrons. The number of para-hydroxylation sites is 1. The first kappa shape index (κ1) is 15.2. The molecule has 0 aliphatic carbocycles. The van der Waals surface area contributed by atoms with Crippen LogP contribution >= 0.6 is 0 Å². The lowest BCUT2D eigenvalue weighted by molar-refractivity contribution is 0.621. The largest absolute Gasteiger partial charge is 0.310 e. The summed E-state index contributed by atoms with van der Waals surface area (Å²) in [4.78, 5) is 35.7. The van der Waals surface area contributed by atoms with Gasteiger partial charge in [-0.25, -0.2) is 14.4 Å². The van der Waals surface area contributed by atoms with E-state index in [1.54, 1.807) is 30.3 Å². The van der Waals surface area contributed by atoms with Gasteiger partial charge in [0.25, 0.3) is 11.1 Å². The van der Waals surface area contributed by atoms with Crippen LogP contribution in [0.1, 0.15) is 5.82 Å². The van der Waals surface area contributed by atoms with E-state index >= 15 is 0 Å². The number of fused-ring (bicyclic) bond motifs is 2. The summed E-state index contributed by atoms with van der Waals surface area (Å²) in [7, 11) is 0. The summed E-state index contributed by atoms with van der Waals surface area (Å²) in [6.07, 6.45) is 1.70. The van der Waals surface area contributed by atoms with Crippen LogP contribution in [0.4, 0.5) is 4.39 Å². The molecule has 2 aromatic heterocycles. The van der Waals surface area contributed by atoms with Gasteiger partial charge in [0.15, 0.2) is 0 Å². The van der Waals surface area contributed by atoms with Crippen LogP contribution in [-0.4, -0.2) is 19.5 Å².